The van der Waals surface area contributed by atoms with Crippen molar-refractivity contribution < 1.29 is 23.5 Å². The van der Waals surface area contributed by atoms with Gasteiger partial charge in [0.25, 0.3) is 5.92 Å². The van der Waals surface area contributed by atoms with Crippen LogP contribution in [-0.4, -0.2) is 53.5 Å². The maximum atomic E-state index is 13.7. The number of alkyl halides is 2. The van der Waals surface area contributed by atoms with Gasteiger partial charge in [0.05, 0.1) is 12.5 Å². The summed E-state index contributed by atoms with van der Waals surface area (Å²) in [5.41, 5.74) is -1.58. The predicted molar refractivity (Wildman–Crippen MR) is 62.8 cm³/mol. The van der Waals surface area contributed by atoms with Crippen LogP contribution in [0, 0.1) is 11.3 Å². The second-order valence-corrected chi connectivity index (χ2v) is 5.82. The van der Waals surface area contributed by atoms with E-state index in [2.05, 4.69) is 5.32 Å². The number of carboxylic acids is 1. The topological polar surface area (TPSA) is 69.6 Å². The number of piperidine rings is 1. The molecule has 0 spiro atoms. The maximum absolute atomic E-state index is 13.7. The molecule has 2 rings (SSSR count). The van der Waals surface area contributed by atoms with Gasteiger partial charge >= 0.3 is 5.97 Å². The third kappa shape index (κ3) is 2.31. The Labute approximate surface area is 109 Å². The van der Waals surface area contributed by atoms with E-state index in [1.165, 1.54) is 18.7 Å². The molecule has 1 amide bonds. The van der Waals surface area contributed by atoms with Gasteiger partial charge in [-0.2, -0.15) is 0 Å². The molecule has 0 aromatic heterocycles. The van der Waals surface area contributed by atoms with Crippen LogP contribution in [0.2, 0.25) is 0 Å². The third-order valence-electron chi connectivity index (χ3n) is 4.11. The minimum absolute atomic E-state index is 0.0831. The zero-order valence-corrected chi connectivity index (χ0v) is 10.9. The lowest BCUT2D eigenvalue weighted by Gasteiger charge is -2.38. The number of amides is 1. The van der Waals surface area contributed by atoms with Crippen molar-refractivity contribution in [2.75, 3.05) is 19.6 Å². The van der Waals surface area contributed by atoms with E-state index in [0.717, 1.165) is 0 Å². The summed E-state index contributed by atoms with van der Waals surface area (Å²) >= 11 is 0. The van der Waals surface area contributed by atoms with Crippen LogP contribution in [0.3, 0.4) is 0 Å². The van der Waals surface area contributed by atoms with Crippen molar-refractivity contribution in [1.82, 2.24) is 10.2 Å². The molecule has 2 saturated heterocycles. The fourth-order valence-electron chi connectivity index (χ4n) is 2.69. The van der Waals surface area contributed by atoms with Gasteiger partial charge in [-0.1, -0.05) is 0 Å². The van der Waals surface area contributed by atoms with Crippen LogP contribution in [-0.2, 0) is 9.59 Å². The molecule has 5 nitrogen and oxygen atoms in total. The Bertz CT molecular complexity index is 412. The van der Waals surface area contributed by atoms with Crippen LogP contribution < -0.4 is 5.32 Å². The highest BCUT2D eigenvalue weighted by molar-refractivity contribution is 6.01. The van der Waals surface area contributed by atoms with Crippen LogP contribution in [0.1, 0.15) is 20.3 Å². The Morgan fingerprint density at radius 2 is 2.05 bits per heavy atom. The standard InChI is InChI=1S/C12H18F2N2O3/c1-11(2,10(18)19)9(17)16-4-3-8-7(5-16)12(13,14)6-15-8/h7-8,15H,3-6H2,1-2H3,(H,18,19)/t7-,8+/m0/s1. The third-order valence-corrected chi connectivity index (χ3v) is 4.11. The lowest BCUT2D eigenvalue weighted by Crippen LogP contribution is -2.54. The summed E-state index contributed by atoms with van der Waals surface area (Å²) in [5, 5.41) is 11.8. The Balaban J connectivity index is 2.12. The molecule has 0 aromatic carbocycles. The number of likely N-dealkylation sites (tertiary alicyclic amines) is 1. The Morgan fingerprint density at radius 1 is 1.42 bits per heavy atom. The molecule has 0 radical (unpaired) electrons. The molecular formula is C12H18F2N2O3. The molecule has 2 aliphatic rings. The summed E-state index contributed by atoms with van der Waals surface area (Å²) in [6.45, 7) is 2.47. The van der Waals surface area contributed by atoms with E-state index in [1.807, 2.05) is 0 Å². The molecule has 0 saturated carbocycles. The Kier molecular flexibility index (Phi) is 3.28. The fourth-order valence-corrected chi connectivity index (χ4v) is 2.69. The van der Waals surface area contributed by atoms with Gasteiger partial charge in [0.1, 0.15) is 5.41 Å². The highest BCUT2D eigenvalue weighted by Crippen LogP contribution is 2.37. The fraction of sp³-hybridized carbons (Fsp3) is 0.833. The first-order valence-electron chi connectivity index (χ1n) is 6.30. The van der Waals surface area contributed by atoms with Crippen LogP contribution >= 0.6 is 0 Å². The van der Waals surface area contributed by atoms with Crippen LogP contribution in [0.25, 0.3) is 0 Å². The van der Waals surface area contributed by atoms with Gasteiger partial charge in [0.2, 0.25) is 5.91 Å². The minimum Gasteiger partial charge on any atom is -0.480 e. The van der Waals surface area contributed by atoms with Crippen molar-refractivity contribution in [1.29, 1.82) is 0 Å². The van der Waals surface area contributed by atoms with Gasteiger partial charge in [-0.15, -0.1) is 0 Å². The van der Waals surface area contributed by atoms with Crippen LogP contribution in [0.4, 0.5) is 8.78 Å². The average molecular weight is 276 g/mol. The monoisotopic (exact) mass is 276 g/mol. The van der Waals surface area contributed by atoms with Gasteiger partial charge < -0.3 is 15.3 Å². The highest BCUT2D eigenvalue weighted by atomic mass is 19.3. The lowest BCUT2D eigenvalue weighted by atomic mass is 9.87. The summed E-state index contributed by atoms with van der Waals surface area (Å²) in [7, 11) is 0. The molecule has 2 N–H and O–H groups in total. The highest BCUT2D eigenvalue weighted by Gasteiger charge is 2.53. The van der Waals surface area contributed by atoms with Gasteiger partial charge in [0.15, 0.2) is 0 Å². The number of carbonyl (C=O) groups excluding carboxylic acids is 1. The summed E-state index contributed by atoms with van der Waals surface area (Å²) in [6, 6.07) is -0.285. The smallest absolute Gasteiger partial charge is 0.318 e. The summed E-state index contributed by atoms with van der Waals surface area (Å²) in [6.07, 6.45) is 0.432. The van der Waals surface area contributed by atoms with Crippen molar-refractivity contribution in [3.63, 3.8) is 0 Å². The number of aliphatic carboxylic acids is 1. The first-order valence-corrected chi connectivity index (χ1v) is 6.30. The summed E-state index contributed by atoms with van der Waals surface area (Å²) in [4.78, 5) is 24.5. The zero-order chi connectivity index (χ0) is 14.4. The second-order valence-electron chi connectivity index (χ2n) is 5.82. The zero-order valence-electron chi connectivity index (χ0n) is 10.9. The number of fused-ring (bicyclic) bond motifs is 1. The number of rotatable bonds is 2. The predicted octanol–water partition coefficient (Wildman–Crippen LogP) is 0.553. The molecule has 108 valence electrons. The van der Waals surface area contributed by atoms with E-state index < -0.39 is 29.1 Å². The molecule has 2 aliphatic heterocycles. The van der Waals surface area contributed by atoms with Crippen molar-refractivity contribution in [3.8, 4) is 0 Å². The second kappa shape index (κ2) is 4.40. The number of carboxylic acid groups (broad SMARTS) is 1. The van der Waals surface area contributed by atoms with E-state index in [-0.39, 0.29) is 19.1 Å². The molecule has 0 aromatic rings. The molecular weight excluding hydrogens is 258 g/mol. The first kappa shape index (κ1) is 14.2. The van der Waals surface area contributed by atoms with E-state index in [0.29, 0.717) is 13.0 Å². The largest absolute Gasteiger partial charge is 0.480 e. The quantitative estimate of drug-likeness (QED) is 0.723. The average Bonchev–Trinajstić information content (AvgIpc) is 2.64. The number of nitrogens with zero attached hydrogens (tertiary/aromatic N) is 1. The molecule has 0 bridgehead atoms. The van der Waals surface area contributed by atoms with Gasteiger partial charge in [-0.05, 0) is 20.3 Å². The molecule has 0 unspecified atom stereocenters. The number of halogens is 2. The first-order chi connectivity index (χ1) is 8.66. The van der Waals surface area contributed by atoms with Crippen LogP contribution in [0.5, 0.6) is 0 Å². The molecule has 7 heteroatoms. The van der Waals surface area contributed by atoms with Gasteiger partial charge in [-0.25, -0.2) is 8.78 Å². The Morgan fingerprint density at radius 3 is 2.63 bits per heavy atom. The van der Waals surface area contributed by atoms with Crippen molar-refractivity contribution >= 4 is 11.9 Å². The number of carbonyl (C=O) groups is 2. The number of hydrogen-bond acceptors (Lipinski definition) is 3. The molecule has 2 heterocycles. The van der Waals surface area contributed by atoms with E-state index >= 15 is 0 Å². The SMILES string of the molecule is CC(C)(C(=O)O)C(=O)N1CC[C@H]2NCC(F)(F)[C@H]2C1. The van der Waals surface area contributed by atoms with Crippen molar-refractivity contribution in [2.45, 2.75) is 32.2 Å². The van der Waals surface area contributed by atoms with Gasteiger partial charge in [-0.3, -0.25) is 9.59 Å². The summed E-state index contributed by atoms with van der Waals surface area (Å²) in [5.74, 6) is -5.59. The normalized spacial score (nSPS) is 30.0. The number of hydrogen-bond donors (Lipinski definition) is 2. The molecule has 0 aliphatic carbocycles. The number of nitrogens with one attached hydrogen (secondary N) is 1. The minimum atomic E-state index is -2.84. The molecule has 2 fully saturated rings. The van der Waals surface area contributed by atoms with E-state index in [4.69, 9.17) is 5.11 Å². The van der Waals surface area contributed by atoms with Gasteiger partial charge in [0, 0.05) is 19.1 Å². The lowest BCUT2D eigenvalue weighted by molar-refractivity contribution is -0.160. The van der Waals surface area contributed by atoms with Crippen molar-refractivity contribution in [3.05, 3.63) is 0 Å². The molecule has 2 atom stereocenters. The van der Waals surface area contributed by atoms with E-state index in [9.17, 15) is 18.4 Å². The Hall–Kier alpha value is -1.24. The molecule has 19 heavy (non-hydrogen) atoms. The van der Waals surface area contributed by atoms with E-state index in [1.54, 1.807) is 0 Å². The van der Waals surface area contributed by atoms with Crippen molar-refractivity contribution in [2.24, 2.45) is 11.3 Å². The maximum Gasteiger partial charge on any atom is 0.318 e. The summed E-state index contributed by atoms with van der Waals surface area (Å²) < 4.78 is 27.3. The van der Waals surface area contributed by atoms with Crippen LogP contribution in [0.15, 0.2) is 0 Å².